The Morgan fingerprint density at radius 3 is 2.53 bits per heavy atom. The van der Waals surface area contributed by atoms with E-state index in [-0.39, 0.29) is 0 Å². The largest absolute Gasteiger partial charge is 0.310 e. The average molecular weight is 281 g/mol. The normalized spacial score (nSPS) is 12.6. The first kappa shape index (κ1) is 14.2. The van der Waals surface area contributed by atoms with Gasteiger partial charge < -0.3 is 5.32 Å². The molecular formula is C15H17F2NS. The minimum absolute atomic E-state index is 0.328. The van der Waals surface area contributed by atoms with Gasteiger partial charge in [-0.3, -0.25) is 0 Å². The van der Waals surface area contributed by atoms with E-state index in [0.29, 0.717) is 6.04 Å². The lowest BCUT2D eigenvalue weighted by atomic mass is 10.1. The van der Waals surface area contributed by atoms with Crippen LogP contribution in [-0.4, -0.2) is 6.54 Å². The second-order valence-corrected chi connectivity index (χ2v) is 5.46. The van der Waals surface area contributed by atoms with Crippen molar-refractivity contribution < 1.29 is 8.78 Å². The maximum Gasteiger partial charge on any atom is 0.159 e. The van der Waals surface area contributed by atoms with Crippen molar-refractivity contribution in [2.24, 2.45) is 0 Å². The topological polar surface area (TPSA) is 12.0 Å². The molecule has 1 aromatic heterocycles. The Balaban J connectivity index is 2.27. The monoisotopic (exact) mass is 281 g/mol. The molecule has 0 aliphatic heterocycles. The predicted molar refractivity (Wildman–Crippen MR) is 76.4 cm³/mol. The molecule has 1 heterocycles. The van der Waals surface area contributed by atoms with Crippen LogP contribution in [-0.2, 0) is 0 Å². The number of thiophene rings is 1. The molecule has 1 atom stereocenters. The van der Waals surface area contributed by atoms with Crippen LogP contribution in [0.2, 0.25) is 0 Å². The summed E-state index contributed by atoms with van der Waals surface area (Å²) in [6.07, 6.45) is 1.01. The molecule has 0 fully saturated rings. The third kappa shape index (κ3) is 3.19. The van der Waals surface area contributed by atoms with Crippen LogP contribution in [0.4, 0.5) is 8.78 Å². The quantitative estimate of drug-likeness (QED) is 0.833. The molecule has 4 heteroatoms. The van der Waals surface area contributed by atoms with E-state index < -0.39 is 11.6 Å². The average Bonchev–Trinajstić information content (AvgIpc) is 2.88. The summed E-state index contributed by atoms with van der Waals surface area (Å²) in [4.78, 5) is 2.19. The standard InChI is InChI=1S/C15H17F2NS/c1-3-13(18-4-2)15-8-7-14(19-15)10-5-6-11(16)12(17)9-10/h5-9,13,18H,3-4H2,1-2H3. The third-order valence-corrected chi connectivity index (χ3v) is 4.28. The highest BCUT2D eigenvalue weighted by Gasteiger charge is 2.12. The number of rotatable bonds is 5. The smallest absolute Gasteiger partial charge is 0.159 e. The van der Waals surface area contributed by atoms with Gasteiger partial charge in [0.1, 0.15) is 0 Å². The van der Waals surface area contributed by atoms with E-state index in [1.807, 2.05) is 6.07 Å². The van der Waals surface area contributed by atoms with Crippen LogP contribution in [0.15, 0.2) is 30.3 Å². The zero-order valence-electron chi connectivity index (χ0n) is 11.0. The Kier molecular flexibility index (Phi) is 4.66. The first-order valence-electron chi connectivity index (χ1n) is 6.44. The highest BCUT2D eigenvalue weighted by molar-refractivity contribution is 7.15. The van der Waals surface area contributed by atoms with Crippen molar-refractivity contribution >= 4 is 11.3 Å². The van der Waals surface area contributed by atoms with Crippen molar-refractivity contribution in [1.82, 2.24) is 5.32 Å². The van der Waals surface area contributed by atoms with Crippen LogP contribution in [0, 0.1) is 11.6 Å². The lowest BCUT2D eigenvalue weighted by Crippen LogP contribution is -2.18. The van der Waals surface area contributed by atoms with Crippen molar-refractivity contribution in [1.29, 1.82) is 0 Å². The minimum Gasteiger partial charge on any atom is -0.310 e. The molecule has 0 radical (unpaired) electrons. The molecule has 0 aliphatic carbocycles. The minimum atomic E-state index is -0.806. The highest BCUT2D eigenvalue weighted by Crippen LogP contribution is 2.33. The van der Waals surface area contributed by atoms with E-state index in [0.717, 1.165) is 23.4 Å². The second-order valence-electron chi connectivity index (χ2n) is 4.35. The van der Waals surface area contributed by atoms with Crippen molar-refractivity contribution in [3.05, 3.63) is 46.8 Å². The molecule has 2 rings (SSSR count). The van der Waals surface area contributed by atoms with Crippen LogP contribution < -0.4 is 5.32 Å². The molecule has 0 saturated carbocycles. The van der Waals surface area contributed by atoms with Gasteiger partial charge in [-0.1, -0.05) is 19.9 Å². The van der Waals surface area contributed by atoms with E-state index in [4.69, 9.17) is 0 Å². The van der Waals surface area contributed by atoms with Gasteiger partial charge in [0.2, 0.25) is 0 Å². The Hall–Kier alpha value is -1.26. The van der Waals surface area contributed by atoms with Crippen molar-refractivity contribution in [2.45, 2.75) is 26.3 Å². The van der Waals surface area contributed by atoms with Gasteiger partial charge in [0.25, 0.3) is 0 Å². The lowest BCUT2D eigenvalue weighted by molar-refractivity contribution is 0.509. The van der Waals surface area contributed by atoms with E-state index in [1.165, 1.54) is 17.0 Å². The molecule has 1 unspecified atom stereocenters. The summed E-state index contributed by atoms with van der Waals surface area (Å²) < 4.78 is 26.2. The zero-order chi connectivity index (χ0) is 13.8. The van der Waals surface area contributed by atoms with E-state index in [9.17, 15) is 8.78 Å². The summed E-state index contributed by atoms with van der Waals surface area (Å²) in [6.45, 7) is 5.12. The van der Waals surface area contributed by atoms with Crippen molar-refractivity contribution in [3.8, 4) is 10.4 Å². The number of hydrogen-bond acceptors (Lipinski definition) is 2. The van der Waals surface area contributed by atoms with Gasteiger partial charge in [0.05, 0.1) is 0 Å². The van der Waals surface area contributed by atoms with Gasteiger partial charge in [0, 0.05) is 15.8 Å². The number of hydrogen-bond donors (Lipinski definition) is 1. The molecular weight excluding hydrogens is 264 g/mol. The van der Waals surface area contributed by atoms with E-state index >= 15 is 0 Å². The summed E-state index contributed by atoms with van der Waals surface area (Å²) in [5.74, 6) is -1.61. The van der Waals surface area contributed by atoms with Crippen LogP contribution in [0.1, 0.15) is 31.2 Å². The summed E-state index contributed by atoms with van der Waals surface area (Å²) in [5.41, 5.74) is 0.724. The maximum atomic E-state index is 13.2. The number of halogens is 2. The van der Waals surface area contributed by atoms with Crippen LogP contribution in [0.25, 0.3) is 10.4 Å². The van der Waals surface area contributed by atoms with Crippen LogP contribution in [0.3, 0.4) is 0 Å². The van der Waals surface area contributed by atoms with Gasteiger partial charge in [0.15, 0.2) is 11.6 Å². The van der Waals surface area contributed by atoms with E-state index in [1.54, 1.807) is 17.4 Å². The first-order valence-corrected chi connectivity index (χ1v) is 7.25. The van der Waals surface area contributed by atoms with Crippen LogP contribution in [0.5, 0.6) is 0 Å². The maximum absolute atomic E-state index is 13.2. The van der Waals surface area contributed by atoms with Crippen molar-refractivity contribution in [3.63, 3.8) is 0 Å². The SMILES string of the molecule is CCNC(CC)c1ccc(-c2ccc(F)c(F)c2)s1. The molecule has 0 saturated heterocycles. The Labute approximate surface area is 116 Å². The summed E-state index contributed by atoms with van der Waals surface area (Å²) >= 11 is 1.62. The predicted octanol–water partition coefficient (Wildman–Crippen LogP) is 4.75. The Bertz CT molecular complexity index is 551. The molecule has 0 aliphatic rings. The van der Waals surface area contributed by atoms with Gasteiger partial charge in [-0.15, -0.1) is 11.3 Å². The molecule has 1 nitrogen and oxygen atoms in total. The van der Waals surface area contributed by atoms with Gasteiger partial charge in [-0.2, -0.15) is 0 Å². The number of benzene rings is 1. The molecule has 1 aromatic carbocycles. The van der Waals surface area contributed by atoms with E-state index in [2.05, 4.69) is 25.2 Å². The fourth-order valence-corrected chi connectivity index (χ4v) is 3.20. The van der Waals surface area contributed by atoms with Gasteiger partial charge in [-0.25, -0.2) is 8.78 Å². The van der Waals surface area contributed by atoms with Crippen molar-refractivity contribution in [2.75, 3.05) is 6.54 Å². The molecule has 2 aromatic rings. The van der Waals surface area contributed by atoms with Crippen LogP contribution >= 0.6 is 11.3 Å². The molecule has 19 heavy (non-hydrogen) atoms. The molecule has 102 valence electrons. The summed E-state index contributed by atoms with van der Waals surface area (Å²) in [6, 6.07) is 8.38. The molecule has 0 amide bonds. The molecule has 0 bridgehead atoms. The fourth-order valence-electron chi connectivity index (χ4n) is 2.04. The number of nitrogens with one attached hydrogen (secondary N) is 1. The highest BCUT2D eigenvalue weighted by atomic mass is 32.1. The summed E-state index contributed by atoms with van der Waals surface area (Å²) in [7, 11) is 0. The Morgan fingerprint density at radius 1 is 1.11 bits per heavy atom. The molecule has 0 spiro atoms. The zero-order valence-corrected chi connectivity index (χ0v) is 11.9. The van der Waals surface area contributed by atoms with Gasteiger partial charge >= 0.3 is 0 Å². The first-order chi connectivity index (χ1) is 9.15. The molecule has 1 N–H and O–H groups in total. The Morgan fingerprint density at radius 2 is 1.89 bits per heavy atom. The lowest BCUT2D eigenvalue weighted by Gasteiger charge is -2.13. The summed E-state index contributed by atoms with van der Waals surface area (Å²) in [5, 5.41) is 3.41. The fraction of sp³-hybridized carbons (Fsp3) is 0.333. The van der Waals surface area contributed by atoms with Gasteiger partial charge in [-0.05, 0) is 42.8 Å². The second kappa shape index (κ2) is 6.26. The third-order valence-electron chi connectivity index (χ3n) is 3.03.